The molecule has 2 unspecified atom stereocenters. The van der Waals surface area contributed by atoms with Crippen LogP contribution in [0.3, 0.4) is 0 Å². The maximum atomic E-state index is 11.1. The zero-order chi connectivity index (χ0) is 10.4. The fourth-order valence-corrected chi connectivity index (χ4v) is 1.85. The van der Waals surface area contributed by atoms with Crippen molar-refractivity contribution in [2.45, 2.75) is 44.7 Å². The predicted octanol–water partition coefficient (Wildman–Crippen LogP) is 0.409. The standard InChI is InChI=1S/C10H20N2O2/c1-2-14-10(13)7-12-9-5-3-4-8(11)6-9/h8-9,12H,2-7,11H2,1H3. The molecule has 3 N–H and O–H groups in total. The Morgan fingerprint density at radius 1 is 1.57 bits per heavy atom. The molecule has 0 saturated heterocycles. The average molecular weight is 200 g/mol. The van der Waals surface area contributed by atoms with Crippen LogP contribution in [0, 0.1) is 0 Å². The summed E-state index contributed by atoms with van der Waals surface area (Å²) in [4.78, 5) is 11.1. The second kappa shape index (κ2) is 5.98. The van der Waals surface area contributed by atoms with Crippen molar-refractivity contribution >= 4 is 5.97 Å². The zero-order valence-electron chi connectivity index (χ0n) is 8.79. The van der Waals surface area contributed by atoms with E-state index in [0.29, 0.717) is 25.2 Å². The van der Waals surface area contributed by atoms with Crippen LogP contribution in [0.1, 0.15) is 32.6 Å². The molecule has 0 heterocycles. The first kappa shape index (κ1) is 11.5. The number of hydrogen-bond acceptors (Lipinski definition) is 4. The first-order valence-corrected chi connectivity index (χ1v) is 5.37. The first-order valence-electron chi connectivity index (χ1n) is 5.37. The van der Waals surface area contributed by atoms with E-state index in [0.717, 1.165) is 25.7 Å². The van der Waals surface area contributed by atoms with Gasteiger partial charge in [-0.05, 0) is 26.2 Å². The molecule has 1 aliphatic rings. The third kappa shape index (κ3) is 4.07. The van der Waals surface area contributed by atoms with Gasteiger partial charge in [0.25, 0.3) is 0 Å². The quantitative estimate of drug-likeness (QED) is 0.645. The van der Waals surface area contributed by atoms with Crippen molar-refractivity contribution in [2.24, 2.45) is 5.73 Å². The molecular formula is C10H20N2O2. The Balaban J connectivity index is 2.14. The number of carbonyl (C=O) groups is 1. The molecule has 1 fully saturated rings. The number of carbonyl (C=O) groups excluding carboxylic acids is 1. The van der Waals surface area contributed by atoms with Crippen LogP contribution in [-0.4, -0.2) is 31.2 Å². The molecule has 0 aromatic carbocycles. The van der Waals surface area contributed by atoms with Gasteiger partial charge in [0.05, 0.1) is 13.2 Å². The van der Waals surface area contributed by atoms with E-state index in [2.05, 4.69) is 5.32 Å². The van der Waals surface area contributed by atoms with Gasteiger partial charge in [-0.3, -0.25) is 4.79 Å². The predicted molar refractivity (Wildman–Crippen MR) is 54.9 cm³/mol. The second-order valence-corrected chi connectivity index (χ2v) is 3.81. The van der Waals surface area contributed by atoms with Crippen LogP contribution in [0.5, 0.6) is 0 Å². The van der Waals surface area contributed by atoms with E-state index in [9.17, 15) is 4.79 Å². The van der Waals surface area contributed by atoms with Crippen LogP contribution < -0.4 is 11.1 Å². The fraction of sp³-hybridized carbons (Fsp3) is 0.900. The normalized spacial score (nSPS) is 27.3. The topological polar surface area (TPSA) is 64.3 Å². The second-order valence-electron chi connectivity index (χ2n) is 3.81. The number of ether oxygens (including phenoxy) is 1. The maximum absolute atomic E-state index is 11.1. The van der Waals surface area contributed by atoms with Crippen LogP contribution in [0.4, 0.5) is 0 Å². The summed E-state index contributed by atoms with van der Waals surface area (Å²) in [7, 11) is 0. The van der Waals surface area contributed by atoms with Crippen LogP contribution in [0.15, 0.2) is 0 Å². The van der Waals surface area contributed by atoms with E-state index in [1.54, 1.807) is 0 Å². The molecule has 0 amide bonds. The highest BCUT2D eigenvalue weighted by atomic mass is 16.5. The zero-order valence-corrected chi connectivity index (χ0v) is 8.79. The van der Waals surface area contributed by atoms with Gasteiger partial charge in [0.1, 0.15) is 0 Å². The lowest BCUT2D eigenvalue weighted by molar-refractivity contribution is -0.142. The Kier molecular flexibility index (Phi) is 4.90. The van der Waals surface area contributed by atoms with Gasteiger partial charge in [-0.15, -0.1) is 0 Å². The highest BCUT2D eigenvalue weighted by molar-refractivity contribution is 5.71. The van der Waals surface area contributed by atoms with Gasteiger partial charge in [0.2, 0.25) is 0 Å². The minimum absolute atomic E-state index is 0.174. The van der Waals surface area contributed by atoms with E-state index in [1.165, 1.54) is 0 Å². The SMILES string of the molecule is CCOC(=O)CNC1CCCC(N)C1. The van der Waals surface area contributed by atoms with Crippen molar-refractivity contribution in [3.05, 3.63) is 0 Å². The van der Waals surface area contributed by atoms with Crippen LogP contribution in [0.25, 0.3) is 0 Å². The van der Waals surface area contributed by atoms with Gasteiger partial charge in [0, 0.05) is 12.1 Å². The molecule has 0 aromatic heterocycles. The minimum Gasteiger partial charge on any atom is -0.465 e. The number of esters is 1. The number of hydrogen-bond donors (Lipinski definition) is 2. The third-order valence-electron chi connectivity index (χ3n) is 2.56. The van der Waals surface area contributed by atoms with Gasteiger partial charge in [-0.2, -0.15) is 0 Å². The van der Waals surface area contributed by atoms with Gasteiger partial charge >= 0.3 is 5.97 Å². The van der Waals surface area contributed by atoms with Crippen molar-refractivity contribution in [1.29, 1.82) is 0 Å². The summed E-state index contributed by atoms with van der Waals surface area (Å²) in [5, 5.41) is 3.18. The molecule has 14 heavy (non-hydrogen) atoms. The third-order valence-corrected chi connectivity index (χ3v) is 2.56. The van der Waals surface area contributed by atoms with E-state index in [4.69, 9.17) is 10.5 Å². The van der Waals surface area contributed by atoms with Crippen LogP contribution >= 0.6 is 0 Å². The average Bonchev–Trinajstić information content (AvgIpc) is 2.15. The number of rotatable bonds is 4. The lowest BCUT2D eigenvalue weighted by Gasteiger charge is -2.27. The molecule has 1 saturated carbocycles. The van der Waals surface area contributed by atoms with Crippen LogP contribution in [-0.2, 0) is 9.53 Å². The summed E-state index contributed by atoms with van der Waals surface area (Å²) in [6, 6.07) is 0.687. The highest BCUT2D eigenvalue weighted by Gasteiger charge is 2.19. The lowest BCUT2D eigenvalue weighted by atomic mass is 9.92. The number of nitrogens with one attached hydrogen (secondary N) is 1. The molecule has 0 spiro atoms. The number of nitrogens with two attached hydrogens (primary N) is 1. The molecule has 4 nitrogen and oxygen atoms in total. The summed E-state index contributed by atoms with van der Waals surface area (Å²) in [6.07, 6.45) is 4.35. The van der Waals surface area contributed by atoms with Crippen molar-refractivity contribution in [3.8, 4) is 0 Å². The largest absolute Gasteiger partial charge is 0.465 e. The summed E-state index contributed by atoms with van der Waals surface area (Å²) in [5.41, 5.74) is 5.83. The molecule has 0 aromatic rings. The Morgan fingerprint density at radius 2 is 2.36 bits per heavy atom. The van der Waals surface area contributed by atoms with Gasteiger partial charge in [-0.1, -0.05) is 6.42 Å². The van der Waals surface area contributed by atoms with Crippen molar-refractivity contribution in [3.63, 3.8) is 0 Å². The highest BCUT2D eigenvalue weighted by Crippen LogP contribution is 2.16. The maximum Gasteiger partial charge on any atom is 0.319 e. The minimum atomic E-state index is -0.174. The van der Waals surface area contributed by atoms with Crippen molar-refractivity contribution in [2.75, 3.05) is 13.2 Å². The lowest BCUT2D eigenvalue weighted by Crippen LogP contribution is -2.41. The molecule has 1 rings (SSSR count). The van der Waals surface area contributed by atoms with E-state index in [1.807, 2.05) is 6.92 Å². The van der Waals surface area contributed by atoms with Gasteiger partial charge in [-0.25, -0.2) is 0 Å². The fourth-order valence-electron chi connectivity index (χ4n) is 1.85. The molecular weight excluding hydrogens is 180 g/mol. The van der Waals surface area contributed by atoms with Crippen LogP contribution in [0.2, 0.25) is 0 Å². The molecule has 1 aliphatic carbocycles. The molecule has 2 atom stereocenters. The summed E-state index contributed by atoms with van der Waals surface area (Å²) >= 11 is 0. The summed E-state index contributed by atoms with van der Waals surface area (Å²) in [6.45, 7) is 2.57. The van der Waals surface area contributed by atoms with E-state index in [-0.39, 0.29) is 5.97 Å². The molecule has 82 valence electrons. The Bertz CT molecular complexity index is 185. The molecule has 4 heteroatoms. The van der Waals surface area contributed by atoms with Crippen molar-refractivity contribution in [1.82, 2.24) is 5.32 Å². The summed E-state index contributed by atoms with van der Waals surface area (Å²) in [5.74, 6) is -0.174. The van der Waals surface area contributed by atoms with E-state index < -0.39 is 0 Å². The molecule has 0 bridgehead atoms. The van der Waals surface area contributed by atoms with Gasteiger partial charge < -0.3 is 15.8 Å². The molecule has 0 radical (unpaired) electrons. The smallest absolute Gasteiger partial charge is 0.319 e. The summed E-state index contributed by atoms with van der Waals surface area (Å²) < 4.78 is 4.83. The van der Waals surface area contributed by atoms with Crippen molar-refractivity contribution < 1.29 is 9.53 Å². The monoisotopic (exact) mass is 200 g/mol. The Labute approximate surface area is 85.2 Å². The Morgan fingerprint density at radius 3 is 3.00 bits per heavy atom. The van der Waals surface area contributed by atoms with Gasteiger partial charge in [0.15, 0.2) is 0 Å². The van der Waals surface area contributed by atoms with E-state index >= 15 is 0 Å². The molecule has 0 aliphatic heterocycles. The first-order chi connectivity index (χ1) is 6.72. The Hall–Kier alpha value is -0.610.